The van der Waals surface area contributed by atoms with E-state index in [0.29, 0.717) is 13.0 Å². The monoisotopic (exact) mass is 320 g/mol. The third kappa shape index (κ3) is 3.66. The maximum absolute atomic E-state index is 13.3. The molecule has 0 spiro atoms. The molecule has 2 amide bonds. The van der Waals surface area contributed by atoms with Gasteiger partial charge in [0.2, 0.25) is 5.91 Å². The van der Waals surface area contributed by atoms with Gasteiger partial charge in [0.05, 0.1) is 19.0 Å². The van der Waals surface area contributed by atoms with Crippen LogP contribution in [0, 0.1) is 5.92 Å². The van der Waals surface area contributed by atoms with Crippen molar-refractivity contribution in [1.82, 2.24) is 9.80 Å². The van der Waals surface area contributed by atoms with E-state index in [1.165, 1.54) is 4.90 Å². The van der Waals surface area contributed by atoms with E-state index in [9.17, 15) is 23.5 Å². The molecule has 2 aliphatic rings. The fraction of sp³-hybridized carbons (Fsp3) is 0.857. The third-order valence-electron chi connectivity index (χ3n) is 3.78. The van der Waals surface area contributed by atoms with E-state index in [1.54, 1.807) is 20.8 Å². The van der Waals surface area contributed by atoms with Crippen LogP contribution in [-0.2, 0) is 9.53 Å². The molecule has 1 unspecified atom stereocenters. The smallest absolute Gasteiger partial charge is 0.410 e. The Balaban J connectivity index is 1.91. The number of hydrogen-bond acceptors (Lipinski definition) is 4. The van der Waals surface area contributed by atoms with Gasteiger partial charge in [-0.3, -0.25) is 4.79 Å². The minimum absolute atomic E-state index is 0.159. The van der Waals surface area contributed by atoms with E-state index in [4.69, 9.17) is 4.74 Å². The number of carbonyl (C=O) groups is 2. The van der Waals surface area contributed by atoms with Crippen LogP contribution in [0.2, 0.25) is 0 Å². The number of amides is 2. The Bertz CT molecular complexity index is 464. The van der Waals surface area contributed by atoms with Gasteiger partial charge in [0.15, 0.2) is 0 Å². The van der Waals surface area contributed by atoms with Crippen molar-refractivity contribution in [3.8, 4) is 0 Å². The number of rotatable bonds is 1. The molecule has 0 aromatic heterocycles. The third-order valence-corrected chi connectivity index (χ3v) is 3.78. The van der Waals surface area contributed by atoms with Crippen molar-refractivity contribution in [3.63, 3.8) is 0 Å². The van der Waals surface area contributed by atoms with Crippen LogP contribution in [-0.4, -0.2) is 70.7 Å². The van der Waals surface area contributed by atoms with Crippen LogP contribution >= 0.6 is 0 Å². The number of β-amino-alcohol motifs (C(OH)–C–C–N with tert-alkyl or cyclic N) is 1. The summed E-state index contributed by atoms with van der Waals surface area (Å²) in [7, 11) is 0. The van der Waals surface area contributed by atoms with Crippen LogP contribution in [0.15, 0.2) is 0 Å². The van der Waals surface area contributed by atoms with E-state index < -0.39 is 42.1 Å². The SMILES string of the molecule is CC(C)(C)OC(=O)N1CC[C@@H](C(=O)N2CC(O)C(F)(F)C2)C1. The lowest BCUT2D eigenvalue weighted by Gasteiger charge is -2.25. The lowest BCUT2D eigenvalue weighted by atomic mass is 10.1. The molecule has 0 radical (unpaired) electrons. The predicted molar refractivity (Wildman–Crippen MR) is 73.4 cm³/mol. The van der Waals surface area contributed by atoms with Crippen LogP contribution in [0.5, 0.6) is 0 Å². The lowest BCUT2D eigenvalue weighted by molar-refractivity contribution is -0.135. The summed E-state index contributed by atoms with van der Waals surface area (Å²) in [5.41, 5.74) is -0.625. The molecule has 0 aromatic rings. The summed E-state index contributed by atoms with van der Waals surface area (Å²) in [5, 5.41) is 9.26. The topological polar surface area (TPSA) is 70.1 Å². The van der Waals surface area contributed by atoms with Gasteiger partial charge in [0, 0.05) is 13.1 Å². The highest BCUT2D eigenvalue weighted by Crippen LogP contribution is 2.30. The van der Waals surface area contributed by atoms with E-state index in [1.807, 2.05) is 0 Å². The Morgan fingerprint density at radius 2 is 1.86 bits per heavy atom. The molecule has 2 saturated heterocycles. The molecule has 0 aliphatic carbocycles. The number of halogens is 2. The maximum Gasteiger partial charge on any atom is 0.410 e. The number of aliphatic hydroxyl groups is 1. The zero-order valence-corrected chi connectivity index (χ0v) is 13.0. The zero-order valence-electron chi connectivity index (χ0n) is 13.0. The summed E-state index contributed by atoms with van der Waals surface area (Å²) in [6, 6.07) is 0. The van der Waals surface area contributed by atoms with Crippen LogP contribution in [0.1, 0.15) is 27.2 Å². The highest BCUT2D eigenvalue weighted by atomic mass is 19.3. The van der Waals surface area contributed by atoms with Crippen LogP contribution in [0.4, 0.5) is 13.6 Å². The normalized spacial score (nSPS) is 28.1. The average Bonchev–Trinajstić information content (AvgIpc) is 2.92. The van der Waals surface area contributed by atoms with Crippen LogP contribution < -0.4 is 0 Å². The minimum atomic E-state index is -3.26. The average molecular weight is 320 g/mol. The minimum Gasteiger partial charge on any atom is -0.444 e. The molecule has 6 nitrogen and oxygen atoms in total. The van der Waals surface area contributed by atoms with Crippen molar-refractivity contribution >= 4 is 12.0 Å². The molecule has 126 valence electrons. The van der Waals surface area contributed by atoms with Crippen LogP contribution in [0.25, 0.3) is 0 Å². The van der Waals surface area contributed by atoms with Crippen molar-refractivity contribution in [3.05, 3.63) is 0 Å². The Hall–Kier alpha value is -1.44. The summed E-state index contributed by atoms with van der Waals surface area (Å²) in [5.74, 6) is -4.23. The van der Waals surface area contributed by atoms with Gasteiger partial charge in [0.1, 0.15) is 11.7 Å². The number of ether oxygens (including phenoxy) is 1. The summed E-state index contributed by atoms with van der Waals surface area (Å²) < 4.78 is 31.8. The highest BCUT2D eigenvalue weighted by Gasteiger charge is 2.50. The van der Waals surface area contributed by atoms with E-state index in [-0.39, 0.29) is 13.1 Å². The van der Waals surface area contributed by atoms with Gasteiger partial charge in [-0.2, -0.15) is 0 Å². The van der Waals surface area contributed by atoms with Gasteiger partial charge in [-0.1, -0.05) is 0 Å². The summed E-state index contributed by atoms with van der Waals surface area (Å²) in [4.78, 5) is 26.6. The first-order valence-corrected chi connectivity index (χ1v) is 7.32. The van der Waals surface area contributed by atoms with Crippen molar-refractivity contribution in [2.75, 3.05) is 26.2 Å². The number of nitrogens with zero attached hydrogens (tertiary/aromatic N) is 2. The lowest BCUT2D eigenvalue weighted by Crippen LogP contribution is -2.39. The molecule has 0 aromatic carbocycles. The molecular weight excluding hydrogens is 298 g/mol. The molecule has 2 aliphatic heterocycles. The molecule has 0 bridgehead atoms. The van der Waals surface area contributed by atoms with Gasteiger partial charge in [0.25, 0.3) is 5.92 Å². The second kappa shape index (κ2) is 5.64. The van der Waals surface area contributed by atoms with Crippen LogP contribution in [0.3, 0.4) is 0 Å². The standard InChI is InChI=1S/C14H22F2N2O4/c1-13(2,3)22-12(21)17-5-4-9(6-17)11(20)18-7-10(19)14(15,16)8-18/h9-10,19H,4-8H2,1-3H3/t9-,10?/m1/s1. The van der Waals surface area contributed by atoms with Gasteiger partial charge in [-0.15, -0.1) is 0 Å². The molecule has 0 saturated carbocycles. The second-order valence-corrected chi connectivity index (χ2v) is 6.91. The maximum atomic E-state index is 13.3. The number of aliphatic hydroxyl groups excluding tert-OH is 1. The van der Waals surface area contributed by atoms with Crippen molar-refractivity contribution in [2.45, 2.75) is 44.8 Å². The first-order chi connectivity index (χ1) is 9.99. The van der Waals surface area contributed by atoms with E-state index in [2.05, 4.69) is 0 Å². The molecule has 8 heteroatoms. The first-order valence-electron chi connectivity index (χ1n) is 7.32. The summed E-state index contributed by atoms with van der Waals surface area (Å²) in [6.45, 7) is 4.63. The van der Waals surface area contributed by atoms with Gasteiger partial charge in [-0.25, -0.2) is 13.6 Å². The first kappa shape index (κ1) is 16.9. The number of hydrogen-bond donors (Lipinski definition) is 1. The molecule has 2 atom stereocenters. The molecule has 22 heavy (non-hydrogen) atoms. The summed E-state index contributed by atoms with van der Waals surface area (Å²) >= 11 is 0. The second-order valence-electron chi connectivity index (χ2n) is 6.91. The van der Waals surface area contributed by atoms with Gasteiger partial charge in [-0.05, 0) is 27.2 Å². The summed E-state index contributed by atoms with van der Waals surface area (Å²) in [6.07, 6.45) is -1.91. The Morgan fingerprint density at radius 3 is 2.36 bits per heavy atom. The Morgan fingerprint density at radius 1 is 1.23 bits per heavy atom. The fourth-order valence-corrected chi connectivity index (χ4v) is 2.65. The largest absolute Gasteiger partial charge is 0.444 e. The van der Waals surface area contributed by atoms with Crippen molar-refractivity contribution in [2.24, 2.45) is 5.92 Å². The zero-order chi connectivity index (χ0) is 16.7. The van der Waals surface area contributed by atoms with E-state index >= 15 is 0 Å². The van der Waals surface area contributed by atoms with E-state index in [0.717, 1.165) is 4.90 Å². The molecule has 2 fully saturated rings. The molecule has 2 heterocycles. The molecular formula is C14H22F2N2O4. The highest BCUT2D eigenvalue weighted by molar-refractivity contribution is 5.81. The van der Waals surface area contributed by atoms with Gasteiger partial charge < -0.3 is 19.6 Å². The Labute approximate surface area is 128 Å². The molecule has 1 N–H and O–H groups in total. The predicted octanol–water partition coefficient (Wildman–Crippen LogP) is 1.08. The molecule has 2 rings (SSSR count). The fourth-order valence-electron chi connectivity index (χ4n) is 2.65. The quantitative estimate of drug-likeness (QED) is 0.785. The number of likely N-dealkylation sites (tertiary alicyclic amines) is 2. The number of carbonyl (C=O) groups excluding carboxylic acids is 2. The number of alkyl halides is 2. The van der Waals surface area contributed by atoms with Gasteiger partial charge >= 0.3 is 6.09 Å². The van der Waals surface area contributed by atoms with Crippen molar-refractivity contribution < 1.29 is 28.2 Å². The van der Waals surface area contributed by atoms with Crippen molar-refractivity contribution in [1.29, 1.82) is 0 Å². The Kier molecular flexibility index (Phi) is 4.34.